The van der Waals surface area contributed by atoms with Crippen molar-refractivity contribution in [1.29, 1.82) is 0 Å². The molecule has 0 spiro atoms. The van der Waals surface area contributed by atoms with Gasteiger partial charge in [0.1, 0.15) is 0 Å². The lowest BCUT2D eigenvalue weighted by molar-refractivity contribution is -0.147. The van der Waals surface area contributed by atoms with Crippen LogP contribution in [0, 0.1) is 0 Å². The molecule has 0 unspecified atom stereocenters. The van der Waals surface area contributed by atoms with Gasteiger partial charge in [-0.3, -0.25) is 0 Å². The maximum absolute atomic E-state index is 5.67. The van der Waals surface area contributed by atoms with Gasteiger partial charge >= 0.3 is 0 Å². The minimum atomic E-state index is -0.311. The number of rotatable bonds is 9. The predicted octanol–water partition coefficient (Wildman–Crippen LogP) is 1.42. The van der Waals surface area contributed by atoms with Crippen LogP contribution in [0.4, 0.5) is 0 Å². The van der Waals surface area contributed by atoms with Crippen molar-refractivity contribution in [3.63, 3.8) is 0 Å². The maximum atomic E-state index is 5.67. The van der Waals surface area contributed by atoms with E-state index in [9.17, 15) is 0 Å². The van der Waals surface area contributed by atoms with Crippen molar-refractivity contribution >= 4 is 0 Å². The van der Waals surface area contributed by atoms with E-state index in [-0.39, 0.29) is 6.29 Å². The normalized spacial score (nSPS) is 11.0. The third-order valence-corrected chi connectivity index (χ3v) is 2.31. The van der Waals surface area contributed by atoms with Crippen LogP contribution in [-0.4, -0.2) is 26.3 Å². The smallest absolute Gasteiger partial charge is 0.183 e. The Morgan fingerprint density at radius 2 is 1.41 bits per heavy atom. The molecule has 17 heavy (non-hydrogen) atoms. The molecule has 0 aliphatic carbocycles. The summed E-state index contributed by atoms with van der Waals surface area (Å²) in [4.78, 5) is 0. The first-order chi connectivity index (χ1) is 8.38. The Morgan fingerprint density at radius 3 is 1.88 bits per heavy atom. The summed E-state index contributed by atoms with van der Waals surface area (Å²) in [6, 6.07) is 9.91. The number of hydrogen-bond donors (Lipinski definition) is 2. The van der Waals surface area contributed by atoms with Gasteiger partial charge in [-0.1, -0.05) is 30.3 Å². The van der Waals surface area contributed by atoms with Crippen LogP contribution in [0.5, 0.6) is 0 Å². The van der Waals surface area contributed by atoms with Crippen molar-refractivity contribution in [2.45, 2.75) is 19.1 Å². The van der Waals surface area contributed by atoms with E-state index < -0.39 is 0 Å². The average Bonchev–Trinajstić information content (AvgIpc) is 2.38. The molecule has 96 valence electrons. The zero-order valence-corrected chi connectivity index (χ0v) is 10.2. The average molecular weight is 238 g/mol. The first-order valence-corrected chi connectivity index (χ1v) is 6.06. The fourth-order valence-corrected chi connectivity index (χ4v) is 1.40. The zero-order chi connectivity index (χ0) is 12.3. The molecule has 0 saturated heterocycles. The lowest BCUT2D eigenvalue weighted by Gasteiger charge is -2.18. The second-order valence-corrected chi connectivity index (χ2v) is 3.77. The van der Waals surface area contributed by atoms with E-state index in [4.69, 9.17) is 20.9 Å². The second-order valence-electron chi connectivity index (χ2n) is 3.77. The molecule has 0 heterocycles. The molecule has 1 aromatic carbocycles. The van der Waals surface area contributed by atoms with E-state index in [1.165, 1.54) is 0 Å². The van der Waals surface area contributed by atoms with Crippen LogP contribution in [0.2, 0.25) is 0 Å². The lowest BCUT2D eigenvalue weighted by Crippen LogP contribution is -2.14. The Hall–Kier alpha value is -0.940. The third kappa shape index (κ3) is 5.79. The molecule has 0 saturated carbocycles. The summed E-state index contributed by atoms with van der Waals surface area (Å²) in [5.74, 6) is 0. The van der Waals surface area contributed by atoms with E-state index >= 15 is 0 Å². The van der Waals surface area contributed by atoms with Gasteiger partial charge < -0.3 is 20.9 Å². The summed E-state index contributed by atoms with van der Waals surface area (Å²) in [6.45, 7) is 2.48. The maximum Gasteiger partial charge on any atom is 0.183 e. The van der Waals surface area contributed by atoms with Crippen LogP contribution < -0.4 is 11.5 Å². The minimum Gasteiger partial charge on any atom is -0.348 e. The summed E-state index contributed by atoms with van der Waals surface area (Å²) >= 11 is 0. The van der Waals surface area contributed by atoms with Crippen LogP contribution in [0.25, 0.3) is 0 Å². The Kier molecular flexibility index (Phi) is 7.58. The Balaban J connectivity index is 2.46. The van der Waals surface area contributed by atoms with Crippen LogP contribution in [0.15, 0.2) is 30.3 Å². The second kappa shape index (κ2) is 9.13. The molecule has 0 bridgehead atoms. The SMILES string of the molecule is NCCCOC(OCCCN)c1ccccc1. The van der Waals surface area contributed by atoms with Gasteiger partial charge in [0, 0.05) is 5.56 Å². The summed E-state index contributed by atoms with van der Waals surface area (Å²) in [5, 5.41) is 0. The van der Waals surface area contributed by atoms with Crippen LogP contribution >= 0.6 is 0 Å². The van der Waals surface area contributed by atoms with Crippen molar-refractivity contribution in [3.8, 4) is 0 Å². The first-order valence-electron chi connectivity index (χ1n) is 6.06. The molecule has 0 amide bonds. The Bertz CT molecular complexity index is 270. The van der Waals surface area contributed by atoms with Gasteiger partial charge in [-0.15, -0.1) is 0 Å². The third-order valence-electron chi connectivity index (χ3n) is 2.31. The number of nitrogens with two attached hydrogens (primary N) is 2. The standard InChI is InChI=1S/C13H22N2O2/c14-8-4-10-16-13(17-11-5-9-15)12-6-2-1-3-7-12/h1-3,6-7,13H,4-5,8-11,14-15H2. The highest BCUT2D eigenvalue weighted by molar-refractivity contribution is 5.15. The molecule has 4 heteroatoms. The topological polar surface area (TPSA) is 70.5 Å². The summed E-state index contributed by atoms with van der Waals surface area (Å²) in [7, 11) is 0. The minimum absolute atomic E-state index is 0.311. The first kappa shape index (κ1) is 14.1. The van der Waals surface area contributed by atoms with Crippen molar-refractivity contribution in [2.75, 3.05) is 26.3 Å². The Morgan fingerprint density at radius 1 is 0.882 bits per heavy atom. The number of hydrogen-bond acceptors (Lipinski definition) is 4. The summed E-state index contributed by atoms with van der Waals surface area (Å²) < 4.78 is 11.3. The molecule has 0 atom stereocenters. The van der Waals surface area contributed by atoms with Crippen molar-refractivity contribution in [1.82, 2.24) is 0 Å². The molecule has 0 aliphatic rings. The molecule has 0 radical (unpaired) electrons. The highest BCUT2D eigenvalue weighted by Crippen LogP contribution is 2.18. The van der Waals surface area contributed by atoms with Crippen LogP contribution in [0.1, 0.15) is 24.7 Å². The van der Waals surface area contributed by atoms with Gasteiger partial charge in [-0.2, -0.15) is 0 Å². The van der Waals surface area contributed by atoms with Gasteiger partial charge in [0.2, 0.25) is 0 Å². The highest BCUT2D eigenvalue weighted by Gasteiger charge is 2.11. The summed E-state index contributed by atoms with van der Waals surface area (Å²) in [5.41, 5.74) is 11.9. The Labute approximate surface area is 103 Å². The van der Waals surface area contributed by atoms with Gasteiger partial charge in [0.05, 0.1) is 13.2 Å². The summed E-state index contributed by atoms with van der Waals surface area (Å²) in [6.07, 6.45) is 1.36. The predicted molar refractivity (Wildman–Crippen MR) is 68.4 cm³/mol. The molecule has 0 aromatic heterocycles. The van der Waals surface area contributed by atoms with Crippen molar-refractivity contribution < 1.29 is 9.47 Å². The van der Waals surface area contributed by atoms with Crippen molar-refractivity contribution in [2.24, 2.45) is 11.5 Å². The van der Waals surface area contributed by atoms with E-state index in [2.05, 4.69) is 0 Å². The van der Waals surface area contributed by atoms with E-state index in [0.29, 0.717) is 26.3 Å². The van der Waals surface area contributed by atoms with Gasteiger partial charge in [0.25, 0.3) is 0 Å². The molecule has 0 aliphatic heterocycles. The van der Waals surface area contributed by atoms with Gasteiger partial charge in [0.15, 0.2) is 6.29 Å². The molecule has 4 nitrogen and oxygen atoms in total. The van der Waals surface area contributed by atoms with E-state index in [0.717, 1.165) is 18.4 Å². The fraction of sp³-hybridized carbons (Fsp3) is 0.538. The largest absolute Gasteiger partial charge is 0.348 e. The highest BCUT2D eigenvalue weighted by atomic mass is 16.7. The quantitative estimate of drug-likeness (QED) is 0.504. The fourth-order valence-electron chi connectivity index (χ4n) is 1.40. The van der Waals surface area contributed by atoms with E-state index in [1.807, 2.05) is 30.3 Å². The molecule has 1 aromatic rings. The van der Waals surface area contributed by atoms with Crippen LogP contribution in [0.3, 0.4) is 0 Å². The molecular weight excluding hydrogens is 216 g/mol. The van der Waals surface area contributed by atoms with Gasteiger partial charge in [-0.25, -0.2) is 0 Å². The molecular formula is C13H22N2O2. The van der Waals surface area contributed by atoms with Gasteiger partial charge in [-0.05, 0) is 25.9 Å². The van der Waals surface area contributed by atoms with Crippen LogP contribution in [-0.2, 0) is 9.47 Å². The number of benzene rings is 1. The van der Waals surface area contributed by atoms with Crippen molar-refractivity contribution in [3.05, 3.63) is 35.9 Å². The molecule has 1 rings (SSSR count). The number of ether oxygens (including phenoxy) is 2. The lowest BCUT2D eigenvalue weighted by atomic mass is 10.2. The molecule has 4 N–H and O–H groups in total. The van der Waals surface area contributed by atoms with E-state index in [1.54, 1.807) is 0 Å². The zero-order valence-electron chi connectivity index (χ0n) is 10.2. The monoisotopic (exact) mass is 238 g/mol. The molecule has 0 fully saturated rings.